The molecule has 4 heterocycles. The number of thioether (sulfide) groups is 1. The van der Waals surface area contributed by atoms with E-state index >= 15 is 0 Å². The van der Waals surface area contributed by atoms with Crippen LogP contribution in [0.3, 0.4) is 0 Å². The van der Waals surface area contributed by atoms with E-state index in [0.29, 0.717) is 30.4 Å². The summed E-state index contributed by atoms with van der Waals surface area (Å²) < 4.78 is 12.0. The molecular weight excluding hydrogens is 374 g/mol. The Balaban J connectivity index is 1.36. The second-order valence-corrected chi connectivity index (χ2v) is 8.34. The fourth-order valence-corrected chi connectivity index (χ4v) is 4.61. The van der Waals surface area contributed by atoms with Gasteiger partial charge in [-0.1, -0.05) is 6.07 Å². The lowest BCUT2D eigenvalue weighted by molar-refractivity contribution is 0.0581. The van der Waals surface area contributed by atoms with Gasteiger partial charge in [0.15, 0.2) is 0 Å². The summed E-state index contributed by atoms with van der Waals surface area (Å²) in [5.74, 6) is 3.16. The van der Waals surface area contributed by atoms with Gasteiger partial charge < -0.3 is 14.4 Å². The van der Waals surface area contributed by atoms with Crippen molar-refractivity contribution in [2.24, 2.45) is 0 Å². The lowest BCUT2D eigenvalue weighted by Gasteiger charge is -2.32. The lowest BCUT2D eigenvalue weighted by atomic mass is 10.1. The monoisotopic (exact) mass is 399 g/mol. The molecule has 148 valence electrons. The van der Waals surface area contributed by atoms with Crippen LogP contribution in [0.2, 0.25) is 0 Å². The zero-order valence-electron chi connectivity index (χ0n) is 16.0. The van der Waals surface area contributed by atoms with Gasteiger partial charge in [-0.2, -0.15) is 11.8 Å². The van der Waals surface area contributed by atoms with E-state index in [1.165, 1.54) is 0 Å². The Bertz CT molecular complexity index is 818. The largest absolute Gasteiger partial charge is 0.474 e. The van der Waals surface area contributed by atoms with Crippen molar-refractivity contribution in [3.63, 3.8) is 0 Å². The molecule has 0 spiro atoms. The standard InChI is InChI=1S/C21H25N3O3S/c1-15-4-2-6-19(23-15)26-16-7-11-24(12-8-16)21(25)18-5-3-10-22-20(18)27-17-9-13-28-14-17/h2-6,10,16-17H,7-9,11-14H2,1H3. The van der Waals surface area contributed by atoms with Crippen LogP contribution in [0.15, 0.2) is 36.5 Å². The molecular formula is C21H25N3O3S. The van der Waals surface area contributed by atoms with Gasteiger partial charge >= 0.3 is 0 Å². The number of pyridine rings is 2. The Kier molecular flexibility index (Phi) is 6.00. The SMILES string of the molecule is Cc1cccc(OC2CCN(C(=O)c3cccnc3OC3CCSC3)CC2)n1. The summed E-state index contributed by atoms with van der Waals surface area (Å²) in [5, 5.41) is 0. The van der Waals surface area contributed by atoms with Crippen LogP contribution < -0.4 is 9.47 Å². The van der Waals surface area contributed by atoms with Crippen molar-refractivity contribution >= 4 is 17.7 Å². The summed E-state index contributed by atoms with van der Waals surface area (Å²) in [6.45, 7) is 3.26. The second kappa shape index (κ2) is 8.82. The molecule has 28 heavy (non-hydrogen) atoms. The fraction of sp³-hybridized carbons (Fsp3) is 0.476. The highest BCUT2D eigenvalue weighted by atomic mass is 32.2. The van der Waals surface area contributed by atoms with Gasteiger partial charge in [0.1, 0.15) is 17.8 Å². The van der Waals surface area contributed by atoms with Crippen molar-refractivity contribution in [1.82, 2.24) is 14.9 Å². The van der Waals surface area contributed by atoms with Crippen LogP contribution in [0.25, 0.3) is 0 Å². The minimum Gasteiger partial charge on any atom is -0.474 e. The number of hydrogen-bond acceptors (Lipinski definition) is 6. The molecule has 7 heteroatoms. The van der Waals surface area contributed by atoms with E-state index < -0.39 is 0 Å². The van der Waals surface area contributed by atoms with Crippen molar-refractivity contribution in [3.8, 4) is 11.8 Å². The molecule has 1 atom stereocenters. The molecule has 4 rings (SSSR count). The normalized spacial score (nSPS) is 20.2. The highest BCUT2D eigenvalue weighted by Gasteiger charge is 2.28. The molecule has 2 aliphatic heterocycles. The minimum absolute atomic E-state index is 0.0131. The van der Waals surface area contributed by atoms with Crippen molar-refractivity contribution in [2.45, 2.75) is 38.4 Å². The van der Waals surface area contributed by atoms with Crippen molar-refractivity contribution in [3.05, 3.63) is 47.8 Å². The average molecular weight is 400 g/mol. The van der Waals surface area contributed by atoms with Gasteiger partial charge in [-0.25, -0.2) is 9.97 Å². The number of hydrogen-bond donors (Lipinski definition) is 0. The van der Waals surface area contributed by atoms with Gasteiger partial charge in [-0.05, 0) is 37.3 Å². The number of rotatable bonds is 5. The summed E-state index contributed by atoms with van der Waals surface area (Å²) in [6, 6.07) is 9.38. The third kappa shape index (κ3) is 4.58. The molecule has 0 saturated carbocycles. The van der Waals surface area contributed by atoms with Crippen molar-refractivity contribution in [2.75, 3.05) is 24.6 Å². The molecule has 1 amide bonds. The Morgan fingerprint density at radius 1 is 1.11 bits per heavy atom. The van der Waals surface area contributed by atoms with E-state index in [-0.39, 0.29) is 18.1 Å². The number of ether oxygens (including phenoxy) is 2. The molecule has 0 radical (unpaired) electrons. The van der Waals surface area contributed by atoms with E-state index in [0.717, 1.165) is 36.5 Å². The van der Waals surface area contributed by atoms with Gasteiger partial charge in [0.25, 0.3) is 5.91 Å². The maximum Gasteiger partial charge on any atom is 0.259 e. The zero-order chi connectivity index (χ0) is 19.3. The van der Waals surface area contributed by atoms with Gasteiger partial charge in [-0.3, -0.25) is 4.79 Å². The highest BCUT2D eigenvalue weighted by molar-refractivity contribution is 7.99. The summed E-state index contributed by atoms with van der Waals surface area (Å²) in [4.78, 5) is 23.6. The van der Waals surface area contributed by atoms with Crippen molar-refractivity contribution < 1.29 is 14.3 Å². The number of aryl methyl sites for hydroxylation is 1. The Labute approximate surface area is 169 Å². The first-order valence-electron chi connectivity index (χ1n) is 9.78. The third-order valence-electron chi connectivity index (χ3n) is 5.05. The Morgan fingerprint density at radius 2 is 1.96 bits per heavy atom. The lowest BCUT2D eigenvalue weighted by Crippen LogP contribution is -2.42. The van der Waals surface area contributed by atoms with Crippen molar-refractivity contribution in [1.29, 1.82) is 0 Å². The summed E-state index contributed by atoms with van der Waals surface area (Å²) >= 11 is 1.88. The molecule has 0 aliphatic carbocycles. The van der Waals surface area contributed by atoms with Crippen LogP contribution in [0, 0.1) is 6.92 Å². The van der Waals surface area contributed by atoms with Gasteiger partial charge in [0.05, 0.1) is 0 Å². The van der Waals surface area contributed by atoms with Crippen LogP contribution in [0.1, 0.15) is 35.3 Å². The number of carbonyl (C=O) groups is 1. The molecule has 0 aromatic carbocycles. The topological polar surface area (TPSA) is 64.5 Å². The first-order valence-corrected chi connectivity index (χ1v) is 10.9. The Hall–Kier alpha value is -2.28. The summed E-state index contributed by atoms with van der Waals surface area (Å²) in [6.07, 6.45) is 4.49. The van der Waals surface area contributed by atoms with Crippen LogP contribution in [0.5, 0.6) is 11.8 Å². The fourth-order valence-electron chi connectivity index (χ4n) is 3.51. The minimum atomic E-state index is -0.0131. The van der Waals surface area contributed by atoms with Gasteiger partial charge in [0.2, 0.25) is 11.8 Å². The maximum atomic E-state index is 13.1. The summed E-state index contributed by atoms with van der Waals surface area (Å²) in [7, 11) is 0. The van der Waals surface area contributed by atoms with Gasteiger partial charge in [0, 0.05) is 49.6 Å². The quantitative estimate of drug-likeness (QED) is 0.768. The molecule has 0 bridgehead atoms. The number of likely N-dealkylation sites (tertiary alicyclic amines) is 1. The molecule has 2 aromatic rings. The maximum absolute atomic E-state index is 13.1. The molecule has 1 unspecified atom stereocenters. The van der Waals surface area contributed by atoms with E-state index in [4.69, 9.17) is 9.47 Å². The number of carbonyl (C=O) groups excluding carboxylic acids is 1. The van der Waals surface area contributed by atoms with E-state index in [2.05, 4.69) is 9.97 Å². The smallest absolute Gasteiger partial charge is 0.259 e. The molecule has 0 N–H and O–H groups in total. The molecule has 2 fully saturated rings. The van der Waals surface area contributed by atoms with Crippen LogP contribution in [0.4, 0.5) is 0 Å². The Morgan fingerprint density at radius 3 is 2.71 bits per heavy atom. The number of piperidine rings is 1. The predicted molar refractivity (Wildman–Crippen MR) is 109 cm³/mol. The van der Waals surface area contributed by atoms with Gasteiger partial charge in [-0.15, -0.1) is 0 Å². The predicted octanol–water partition coefficient (Wildman–Crippen LogP) is 3.35. The van der Waals surface area contributed by atoms with E-state index in [1.807, 2.05) is 47.9 Å². The third-order valence-corrected chi connectivity index (χ3v) is 6.18. The number of nitrogens with zero attached hydrogens (tertiary/aromatic N) is 3. The number of amides is 1. The first kappa shape index (κ1) is 19.1. The molecule has 6 nitrogen and oxygen atoms in total. The first-order chi connectivity index (χ1) is 13.7. The number of aromatic nitrogens is 2. The zero-order valence-corrected chi connectivity index (χ0v) is 16.9. The van der Waals surface area contributed by atoms with Crippen LogP contribution in [-0.4, -0.2) is 57.6 Å². The highest BCUT2D eigenvalue weighted by Crippen LogP contribution is 2.26. The van der Waals surface area contributed by atoms with E-state index in [1.54, 1.807) is 12.3 Å². The average Bonchev–Trinajstić information content (AvgIpc) is 3.22. The van der Waals surface area contributed by atoms with E-state index in [9.17, 15) is 4.79 Å². The molecule has 2 aliphatic rings. The summed E-state index contributed by atoms with van der Waals surface area (Å²) in [5.41, 5.74) is 1.49. The van der Waals surface area contributed by atoms with Crippen LogP contribution in [-0.2, 0) is 0 Å². The molecule has 2 saturated heterocycles. The van der Waals surface area contributed by atoms with Crippen LogP contribution >= 0.6 is 11.8 Å². The molecule has 2 aromatic heterocycles. The second-order valence-electron chi connectivity index (χ2n) is 7.19.